The van der Waals surface area contributed by atoms with Gasteiger partial charge in [-0.25, -0.2) is 4.98 Å². The lowest BCUT2D eigenvalue weighted by atomic mass is 10.9. The van der Waals surface area contributed by atoms with Crippen LogP contribution in [0.4, 0.5) is 5.95 Å². The molecular formula is C4H2N4S. The summed E-state index contributed by atoms with van der Waals surface area (Å²) >= 11 is 4.31. The predicted octanol–water partition coefficient (Wildman–Crippen LogP) is 0.606. The van der Waals surface area contributed by atoms with Crippen LogP contribution < -0.4 is 0 Å². The Hall–Kier alpha value is -1.19. The van der Waals surface area contributed by atoms with E-state index < -0.39 is 0 Å². The first kappa shape index (κ1) is 5.94. The van der Waals surface area contributed by atoms with Gasteiger partial charge in [0.1, 0.15) is 0 Å². The SMILES string of the molecule is S=C=Nc1nccnn1. The highest BCUT2D eigenvalue weighted by atomic mass is 32.1. The zero-order valence-electron chi connectivity index (χ0n) is 4.35. The second-order valence-corrected chi connectivity index (χ2v) is 1.33. The molecule has 1 heterocycles. The van der Waals surface area contributed by atoms with Crippen LogP contribution in [0.2, 0.25) is 0 Å². The molecule has 0 saturated carbocycles. The molecule has 0 aliphatic heterocycles. The molecule has 0 spiro atoms. The van der Waals surface area contributed by atoms with Gasteiger partial charge in [-0.1, -0.05) is 0 Å². The number of aromatic nitrogens is 3. The molecule has 0 fully saturated rings. The van der Waals surface area contributed by atoms with Crippen LogP contribution in [0.3, 0.4) is 0 Å². The van der Waals surface area contributed by atoms with Crippen molar-refractivity contribution in [2.24, 2.45) is 4.99 Å². The second-order valence-electron chi connectivity index (χ2n) is 1.15. The molecule has 0 saturated heterocycles. The van der Waals surface area contributed by atoms with Crippen LogP contribution in [0, 0.1) is 0 Å². The fourth-order valence-corrected chi connectivity index (χ4v) is 0.414. The predicted molar refractivity (Wildman–Crippen MR) is 34.5 cm³/mol. The third kappa shape index (κ3) is 1.64. The molecule has 5 heteroatoms. The van der Waals surface area contributed by atoms with Crippen LogP contribution in [0.5, 0.6) is 0 Å². The van der Waals surface area contributed by atoms with Gasteiger partial charge in [-0.3, -0.25) is 0 Å². The molecule has 0 amide bonds. The maximum absolute atomic E-state index is 4.31. The largest absolute Gasteiger partial charge is 0.277 e. The van der Waals surface area contributed by atoms with Gasteiger partial charge in [0.2, 0.25) is 0 Å². The standard InChI is InChI=1S/C4H2N4S/c9-3-6-4-5-1-2-7-8-4/h1-2H. The summed E-state index contributed by atoms with van der Waals surface area (Å²) < 4.78 is 0. The van der Waals surface area contributed by atoms with Crippen LogP contribution >= 0.6 is 12.2 Å². The average molecular weight is 138 g/mol. The fourth-order valence-electron chi connectivity index (χ4n) is 0.333. The van der Waals surface area contributed by atoms with Crippen molar-refractivity contribution in [3.05, 3.63) is 12.4 Å². The van der Waals surface area contributed by atoms with Gasteiger partial charge < -0.3 is 0 Å². The lowest BCUT2D eigenvalue weighted by Gasteiger charge is -1.80. The minimum absolute atomic E-state index is 0.243. The number of isothiocyanates is 1. The van der Waals surface area contributed by atoms with Gasteiger partial charge in [0.25, 0.3) is 5.95 Å². The van der Waals surface area contributed by atoms with E-state index in [9.17, 15) is 0 Å². The van der Waals surface area contributed by atoms with Gasteiger partial charge >= 0.3 is 0 Å². The normalized spacial score (nSPS) is 8.00. The molecule has 0 aromatic carbocycles. The molecular weight excluding hydrogens is 136 g/mol. The van der Waals surface area contributed by atoms with Crippen molar-refractivity contribution in [2.45, 2.75) is 0 Å². The molecule has 9 heavy (non-hydrogen) atoms. The minimum Gasteiger partial charge on any atom is -0.216 e. The molecule has 1 aromatic rings. The summed E-state index contributed by atoms with van der Waals surface area (Å²) in [6.07, 6.45) is 2.95. The highest BCUT2D eigenvalue weighted by Crippen LogP contribution is 1.93. The van der Waals surface area contributed by atoms with E-state index in [4.69, 9.17) is 0 Å². The van der Waals surface area contributed by atoms with Gasteiger partial charge in [0.15, 0.2) is 0 Å². The summed E-state index contributed by atoms with van der Waals surface area (Å²) in [4.78, 5) is 7.19. The van der Waals surface area contributed by atoms with Gasteiger partial charge in [-0.2, -0.15) is 10.1 Å². The highest BCUT2D eigenvalue weighted by Gasteiger charge is 1.84. The first-order valence-corrected chi connectivity index (χ1v) is 2.56. The summed E-state index contributed by atoms with van der Waals surface area (Å²) in [5.41, 5.74) is 0. The fraction of sp³-hybridized carbons (Fsp3) is 0. The van der Waals surface area contributed by atoms with E-state index in [0.29, 0.717) is 0 Å². The molecule has 0 aliphatic rings. The number of nitrogens with zero attached hydrogens (tertiary/aromatic N) is 4. The smallest absolute Gasteiger partial charge is 0.216 e. The third-order valence-corrected chi connectivity index (χ3v) is 0.707. The number of thiocarbonyl (C=S) groups is 1. The Morgan fingerprint density at radius 1 is 1.56 bits per heavy atom. The van der Waals surface area contributed by atoms with Crippen molar-refractivity contribution in [3.63, 3.8) is 0 Å². The van der Waals surface area contributed by atoms with Crippen molar-refractivity contribution in [1.82, 2.24) is 15.2 Å². The monoisotopic (exact) mass is 138 g/mol. The number of rotatable bonds is 1. The molecule has 1 rings (SSSR count). The van der Waals surface area contributed by atoms with Crippen LogP contribution in [-0.4, -0.2) is 20.3 Å². The Morgan fingerprint density at radius 3 is 3.00 bits per heavy atom. The topological polar surface area (TPSA) is 51.0 Å². The van der Waals surface area contributed by atoms with E-state index in [0.717, 1.165) is 0 Å². The van der Waals surface area contributed by atoms with E-state index >= 15 is 0 Å². The summed E-state index contributed by atoms with van der Waals surface area (Å²) in [5, 5.41) is 9.15. The Morgan fingerprint density at radius 2 is 2.44 bits per heavy atom. The number of hydrogen-bond donors (Lipinski definition) is 0. The maximum Gasteiger partial charge on any atom is 0.277 e. The summed E-state index contributed by atoms with van der Waals surface area (Å²) in [5.74, 6) is 0.243. The van der Waals surface area contributed by atoms with Crippen LogP contribution in [0.1, 0.15) is 0 Å². The Kier molecular flexibility index (Phi) is 1.95. The summed E-state index contributed by atoms with van der Waals surface area (Å²) in [7, 11) is 0. The first-order valence-electron chi connectivity index (χ1n) is 2.15. The van der Waals surface area contributed by atoms with Crippen molar-refractivity contribution < 1.29 is 0 Å². The molecule has 0 radical (unpaired) electrons. The number of aliphatic imine (C=N–C) groups is 1. The lowest BCUT2D eigenvalue weighted by Crippen LogP contribution is -1.80. The Balaban J connectivity index is 2.97. The van der Waals surface area contributed by atoms with E-state index in [1.807, 2.05) is 0 Å². The first-order chi connectivity index (χ1) is 4.43. The molecule has 0 bridgehead atoms. The maximum atomic E-state index is 4.31. The molecule has 1 aromatic heterocycles. The van der Waals surface area contributed by atoms with Crippen LogP contribution in [0.25, 0.3) is 0 Å². The third-order valence-electron chi connectivity index (χ3n) is 0.616. The summed E-state index contributed by atoms with van der Waals surface area (Å²) in [6, 6.07) is 0. The van der Waals surface area contributed by atoms with Crippen molar-refractivity contribution in [3.8, 4) is 0 Å². The van der Waals surface area contributed by atoms with Gasteiger partial charge in [-0.05, 0) is 12.2 Å². The highest BCUT2D eigenvalue weighted by molar-refractivity contribution is 7.78. The minimum atomic E-state index is 0.243. The van der Waals surface area contributed by atoms with E-state index in [1.54, 1.807) is 0 Å². The molecule has 4 nitrogen and oxygen atoms in total. The van der Waals surface area contributed by atoms with Crippen molar-refractivity contribution >= 4 is 23.3 Å². The second kappa shape index (κ2) is 2.96. The zero-order valence-corrected chi connectivity index (χ0v) is 5.17. The Labute approximate surface area is 56.7 Å². The molecule has 0 unspecified atom stereocenters. The van der Waals surface area contributed by atoms with E-state index in [-0.39, 0.29) is 5.95 Å². The van der Waals surface area contributed by atoms with Gasteiger partial charge in [-0.15, -0.1) is 5.10 Å². The van der Waals surface area contributed by atoms with Crippen LogP contribution in [-0.2, 0) is 0 Å². The average Bonchev–Trinajstić information content (AvgIpc) is 1.91. The van der Waals surface area contributed by atoms with E-state index in [2.05, 4.69) is 37.6 Å². The van der Waals surface area contributed by atoms with Gasteiger partial charge in [0, 0.05) is 0 Å². The Bertz CT molecular complexity index is 228. The van der Waals surface area contributed by atoms with E-state index in [1.165, 1.54) is 12.4 Å². The zero-order chi connectivity index (χ0) is 6.53. The summed E-state index contributed by atoms with van der Waals surface area (Å²) in [6.45, 7) is 0. The lowest BCUT2D eigenvalue weighted by molar-refractivity contribution is 0.966. The van der Waals surface area contributed by atoms with Crippen LogP contribution in [0.15, 0.2) is 17.4 Å². The number of hydrogen-bond acceptors (Lipinski definition) is 5. The van der Waals surface area contributed by atoms with Crippen molar-refractivity contribution in [2.75, 3.05) is 0 Å². The molecule has 0 aliphatic carbocycles. The van der Waals surface area contributed by atoms with Gasteiger partial charge in [0.05, 0.1) is 17.6 Å². The molecule has 0 atom stereocenters. The van der Waals surface area contributed by atoms with Crippen molar-refractivity contribution in [1.29, 1.82) is 0 Å². The molecule has 44 valence electrons. The quantitative estimate of drug-likeness (QED) is 0.421. The molecule has 0 N–H and O–H groups in total.